The Balaban J connectivity index is 2.18. The Morgan fingerprint density at radius 1 is 0.857 bits per heavy atom. The highest BCUT2D eigenvalue weighted by Gasteiger charge is 2.62. The third kappa shape index (κ3) is 3.83. The molecule has 148 valence electrons. The van der Waals surface area contributed by atoms with Gasteiger partial charge in [0.1, 0.15) is 17.5 Å². The Labute approximate surface area is 179 Å². The van der Waals surface area contributed by atoms with Crippen LogP contribution in [0.15, 0.2) is 57.5 Å². The first kappa shape index (κ1) is 20.9. The van der Waals surface area contributed by atoms with Crippen molar-refractivity contribution in [3.05, 3.63) is 88.8 Å². The van der Waals surface area contributed by atoms with E-state index in [2.05, 4.69) is 37.2 Å². The fourth-order valence-corrected chi connectivity index (χ4v) is 4.99. The number of nitro groups is 2. The maximum atomic E-state index is 12.0. The van der Waals surface area contributed by atoms with Crippen LogP contribution >= 0.6 is 31.9 Å². The standard InChI is InChI=1S/C19H19Br2N3O4/c1-19(2)17(23(25)26)15(11-5-3-7-13(20)9-11)22-16(18(19)24(27)28)12-6-4-8-14(21)10-12/h3-10,15-18,22H,1-2H3/t15-,16-,17-,18-/m0/s1. The molecule has 3 rings (SSSR count). The molecule has 1 heterocycles. The summed E-state index contributed by atoms with van der Waals surface area (Å²) in [5.74, 6) is 0. The lowest BCUT2D eigenvalue weighted by atomic mass is 9.66. The molecule has 28 heavy (non-hydrogen) atoms. The van der Waals surface area contributed by atoms with Crippen LogP contribution in [-0.4, -0.2) is 21.9 Å². The van der Waals surface area contributed by atoms with Crippen LogP contribution < -0.4 is 5.32 Å². The second kappa shape index (κ2) is 7.88. The van der Waals surface area contributed by atoms with Gasteiger partial charge in [-0.2, -0.15) is 0 Å². The first-order valence-electron chi connectivity index (χ1n) is 8.67. The number of halogens is 2. The number of benzene rings is 2. The molecular formula is C19H19Br2N3O4. The minimum absolute atomic E-state index is 0.397. The van der Waals surface area contributed by atoms with Crippen molar-refractivity contribution in [2.45, 2.75) is 38.0 Å². The Hall–Kier alpha value is -1.84. The van der Waals surface area contributed by atoms with Crippen molar-refractivity contribution in [3.8, 4) is 0 Å². The van der Waals surface area contributed by atoms with E-state index in [0.29, 0.717) is 11.1 Å². The van der Waals surface area contributed by atoms with E-state index >= 15 is 0 Å². The van der Waals surface area contributed by atoms with Crippen LogP contribution in [0.25, 0.3) is 0 Å². The Bertz CT molecular complexity index is 850. The highest BCUT2D eigenvalue weighted by atomic mass is 79.9. The van der Waals surface area contributed by atoms with E-state index in [4.69, 9.17) is 0 Å². The monoisotopic (exact) mass is 511 g/mol. The molecule has 0 radical (unpaired) electrons. The molecule has 1 aliphatic heterocycles. The molecule has 2 aromatic rings. The zero-order valence-electron chi connectivity index (χ0n) is 15.2. The molecule has 7 nitrogen and oxygen atoms in total. The molecule has 0 amide bonds. The number of piperidine rings is 1. The molecular weight excluding hydrogens is 494 g/mol. The zero-order chi connectivity index (χ0) is 20.6. The van der Waals surface area contributed by atoms with E-state index < -0.39 is 39.4 Å². The third-order valence-corrected chi connectivity index (χ3v) is 6.37. The van der Waals surface area contributed by atoms with Gasteiger partial charge in [0.15, 0.2) is 0 Å². The van der Waals surface area contributed by atoms with E-state index in [1.165, 1.54) is 0 Å². The Morgan fingerprint density at radius 2 is 1.25 bits per heavy atom. The minimum atomic E-state index is -1.20. The van der Waals surface area contributed by atoms with Crippen LogP contribution in [0.2, 0.25) is 0 Å². The average molecular weight is 513 g/mol. The van der Waals surface area contributed by atoms with Gasteiger partial charge in [0, 0.05) is 18.8 Å². The third-order valence-electron chi connectivity index (χ3n) is 5.39. The van der Waals surface area contributed by atoms with Crippen molar-refractivity contribution >= 4 is 31.9 Å². The van der Waals surface area contributed by atoms with Crippen molar-refractivity contribution in [3.63, 3.8) is 0 Å². The van der Waals surface area contributed by atoms with Crippen molar-refractivity contribution in [2.75, 3.05) is 0 Å². The Morgan fingerprint density at radius 3 is 1.57 bits per heavy atom. The first-order chi connectivity index (χ1) is 13.1. The molecule has 0 unspecified atom stereocenters. The summed E-state index contributed by atoms with van der Waals surface area (Å²) in [7, 11) is 0. The summed E-state index contributed by atoms with van der Waals surface area (Å²) in [6, 6.07) is 10.8. The van der Waals surface area contributed by atoms with Gasteiger partial charge in [0.05, 0.1) is 0 Å². The molecule has 0 spiro atoms. The van der Waals surface area contributed by atoms with Crippen molar-refractivity contribution < 1.29 is 9.85 Å². The fourth-order valence-electron chi connectivity index (χ4n) is 4.15. The molecule has 2 aromatic carbocycles. The molecule has 0 saturated carbocycles. The van der Waals surface area contributed by atoms with Gasteiger partial charge >= 0.3 is 0 Å². The van der Waals surface area contributed by atoms with Gasteiger partial charge in [-0.25, -0.2) is 0 Å². The average Bonchev–Trinajstić information content (AvgIpc) is 2.59. The van der Waals surface area contributed by atoms with Crippen LogP contribution in [0.5, 0.6) is 0 Å². The smallest absolute Gasteiger partial charge is 0.243 e. The van der Waals surface area contributed by atoms with E-state index in [0.717, 1.165) is 8.95 Å². The predicted octanol–water partition coefficient (Wildman–Crippen LogP) is 4.91. The summed E-state index contributed by atoms with van der Waals surface area (Å²) in [5, 5.41) is 27.3. The fraction of sp³-hybridized carbons (Fsp3) is 0.368. The number of hydrogen-bond donors (Lipinski definition) is 1. The molecule has 0 aliphatic carbocycles. The summed E-state index contributed by atoms with van der Waals surface area (Å²) >= 11 is 6.81. The van der Waals surface area contributed by atoms with Gasteiger partial charge < -0.3 is 0 Å². The summed E-state index contributed by atoms with van der Waals surface area (Å²) < 4.78 is 1.59. The lowest BCUT2D eigenvalue weighted by Crippen LogP contribution is -2.63. The van der Waals surface area contributed by atoms with E-state index in [1.807, 2.05) is 24.3 Å². The van der Waals surface area contributed by atoms with Crippen LogP contribution in [0.1, 0.15) is 37.1 Å². The zero-order valence-corrected chi connectivity index (χ0v) is 18.4. The van der Waals surface area contributed by atoms with Crippen molar-refractivity contribution in [1.82, 2.24) is 5.32 Å². The number of hydrogen-bond acceptors (Lipinski definition) is 5. The topological polar surface area (TPSA) is 98.3 Å². The second-order valence-electron chi connectivity index (χ2n) is 7.51. The van der Waals surface area contributed by atoms with Crippen LogP contribution in [0, 0.1) is 25.6 Å². The highest BCUT2D eigenvalue weighted by Crippen LogP contribution is 2.47. The lowest BCUT2D eigenvalue weighted by molar-refractivity contribution is -0.605. The second-order valence-corrected chi connectivity index (χ2v) is 9.35. The number of nitrogens with zero attached hydrogens (tertiary/aromatic N) is 2. The van der Waals surface area contributed by atoms with Gasteiger partial charge in [-0.15, -0.1) is 0 Å². The van der Waals surface area contributed by atoms with Gasteiger partial charge in [-0.05, 0) is 49.2 Å². The quantitative estimate of drug-likeness (QED) is 0.463. The molecule has 9 heteroatoms. The summed E-state index contributed by atoms with van der Waals surface area (Å²) in [4.78, 5) is 23.3. The minimum Gasteiger partial charge on any atom is -0.291 e. The highest BCUT2D eigenvalue weighted by molar-refractivity contribution is 9.10. The maximum absolute atomic E-state index is 12.0. The van der Waals surface area contributed by atoms with E-state index in [-0.39, 0.29) is 0 Å². The van der Waals surface area contributed by atoms with E-state index in [1.54, 1.807) is 38.1 Å². The van der Waals surface area contributed by atoms with Crippen LogP contribution in [0.4, 0.5) is 0 Å². The normalized spacial score (nSPS) is 26.6. The van der Waals surface area contributed by atoms with Gasteiger partial charge in [0.25, 0.3) is 0 Å². The van der Waals surface area contributed by atoms with Crippen LogP contribution in [0.3, 0.4) is 0 Å². The van der Waals surface area contributed by atoms with Gasteiger partial charge in [-0.1, -0.05) is 56.1 Å². The van der Waals surface area contributed by atoms with E-state index in [9.17, 15) is 20.2 Å². The van der Waals surface area contributed by atoms with Gasteiger partial charge in [-0.3, -0.25) is 25.5 Å². The molecule has 1 fully saturated rings. The molecule has 4 atom stereocenters. The molecule has 0 aromatic heterocycles. The predicted molar refractivity (Wildman–Crippen MR) is 112 cm³/mol. The Kier molecular flexibility index (Phi) is 5.88. The maximum Gasteiger partial charge on any atom is 0.243 e. The number of nitrogens with one attached hydrogen (secondary N) is 1. The molecule has 1 N–H and O–H groups in total. The summed E-state index contributed by atoms with van der Waals surface area (Å²) in [5.41, 5.74) is 0.231. The summed E-state index contributed by atoms with van der Waals surface area (Å²) in [6.45, 7) is 3.23. The summed E-state index contributed by atoms with van der Waals surface area (Å²) in [6.07, 6.45) is 0. The van der Waals surface area contributed by atoms with Crippen LogP contribution in [-0.2, 0) is 0 Å². The molecule has 0 bridgehead atoms. The lowest BCUT2D eigenvalue weighted by Gasteiger charge is -2.44. The van der Waals surface area contributed by atoms with Crippen molar-refractivity contribution in [2.24, 2.45) is 5.41 Å². The molecule has 1 aliphatic rings. The molecule has 1 saturated heterocycles. The first-order valence-corrected chi connectivity index (χ1v) is 10.3. The largest absolute Gasteiger partial charge is 0.291 e. The number of rotatable bonds is 4. The SMILES string of the molecule is CC1(C)[C@@H]([N+](=O)[O-])[C@H](c2cccc(Br)c2)N[C@@H](c2cccc(Br)c2)[C@@H]1[N+](=O)[O-]. The van der Waals surface area contributed by atoms with Gasteiger partial charge in [0.2, 0.25) is 12.1 Å². The van der Waals surface area contributed by atoms with Crippen molar-refractivity contribution in [1.29, 1.82) is 0 Å².